The second-order valence-electron chi connectivity index (χ2n) is 6.84. The summed E-state index contributed by atoms with van der Waals surface area (Å²) in [5.74, 6) is -0.00430. The van der Waals surface area contributed by atoms with E-state index in [0.29, 0.717) is 24.9 Å². The number of esters is 1. The Morgan fingerprint density at radius 1 is 1.28 bits per heavy atom. The standard InChI is InChI=1S/C16H24N4O5/c1-10-5-11(2)7-18(6-10)14(21)9-25-15(22)8-19-13(4)16(20(23)24)12(3)17-19/h10-11H,5-9H2,1-4H3/t10-,11+. The van der Waals surface area contributed by atoms with Crippen LogP contribution in [0.15, 0.2) is 0 Å². The van der Waals surface area contributed by atoms with E-state index >= 15 is 0 Å². The number of nitrogens with zero attached hydrogens (tertiary/aromatic N) is 4. The summed E-state index contributed by atoms with van der Waals surface area (Å²) >= 11 is 0. The highest BCUT2D eigenvalue weighted by atomic mass is 16.6. The van der Waals surface area contributed by atoms with Crippen molar-refractivity contribution in [2.75, 3.05) is 19.7 Å². The fourth-order valence-electron chi connectivity index (χ4n) is 3.37. The number of aromatic nitrogens is 2. The van der Waals surface area contributed by atoms with Crippen molar-refractivity contribution in [2.24, 2.45) is 11.8 Å². The van der Waals surface area contributed by atoms with E-state index in [2.05, 4.69) is 18.9 Å². The first-order chi connectivity index (χ1) is 11.7. The Morgan fingerprint density at radius 3 is 2.40 bits per heavy atom. The van der Waals surface area contributed by atoms with Gasteiger partial charge in [0, 0.05) is 13.1 Å². The van der Waals surface area contributed by atoms with Crippen molar-refractivity contribution in [3.63, 3.8) is 0 Å². The molecule has 0 aliphatic carbocycles. The lowest BCUT2D eigenvalue weighted by Gasteiger charge is -2.34. The van der Waals surface area contributed by atoms with E-state index in [0.717, 1.165) is 6.42 Å². The zero-order valence-electron chi connectivity index (χ0n) is 15.0. The molecule has 25 heavy (non-hydrogen) atoms. The molecule has 2 heterocycles. The molecule has 9 nitrogen and oxygen atoms in total. The van der Waals surface area contributed by atoms with Crippen LogP contribution in [0, 0.1) is 35.8 Å². The van der Waals surface area contributed by atoms with E-state index in [-0.39, 0.29) is 36.1 Å². The maximum atomic E-state index is 12.2. The minimum atomic E-state index is -0.646. The molecule has 0 unspecified atom stereocenters. The van der Waals surface area contributed by atoms with E-state index in [1.165, 1.54) is 18.5 Å². The highest BCUT2D eigenvalue weighted by Crippen LogP contribution is 2.22. The molecule has 1 aromatic rings. The Labute approximate surface area is 146 Å². The molecule has 1 aliphatic rings. The first-order valence-corrected chi connectivity index (χ1v) is 8.30. The summed E-state index contributed by atoms with van der Waals surface area (Å²) in [4.78, 5) is 36.3. The van der Waals surface area contributed by atoms with Crippen LogP contribution in [-0.4, -0.2) is 51.2 Å². The van der Waals surface area contributed by atoms with E-state index in [4.69, 9.17) is 4.74 Å². The van der Waals surface area contributed by atoms with Gasteiger partial charge in [-0.1, -0.05) is 13.8 Å². The molecule has 2 rings (SSSR count). The maximum absolute atomic E-state index is 12.2. The van der Waals surface area contributed by atoms with Gasteiger partial charge in [0.1, 0.15) is 17.9 Å². The van der Waals surface area contributed by atoms with E-state index in [1.807, 2.05) is 0 Å². The quantitative estimate of drug-likeness (QED) is 0.451. The zero-order chi connectivity index (χ0) is 18.7. The first-order valence-electron chi connectivity index (χ1n) is 8.30. The van der Waals surface area contributed by atoms with E-state index < -0.39 is 10.9 Å². The number of carbonyl (C=O) groups excluding carboxylic acids is 2. The molecule has 0 aromatic carbocycles. The van der Waals surface area contributed by atoms with Crippen LogP contribution in [0.3, 0.4) is 0 Å². The number of aryl methyl sites for hydroxylation is 1. The monoisotopic (exact) mass is 352 g/mol. The Bertz CT molecular complexity index is 674. The van der Waals surface area contributed by atoms with Gasteiger partial charge in [-0.2, -0.15) is 5.10 Å². The van der Waals surface area contributed by atoms with Crippen molar-refractivity contribution in [3.05, 3.63) is 21.5 Å². The summed E-state index contributed by atoms with van der Waals surface area (Å²) in [6.07, 6.45) is 1.08. The Balaban J connectivity index is 1.90. The molecule has 0 N–H and O–H groups in total. The van der Waals surface area contributed by atoms with Crippen molar-refractivity contribution in [1.29, 1.82) is 0 Å². The molecule has 0 spiro atoms. The fraction of sp³-hybridized carbons (Fsp3) is 0.688. The first kappa shape index (κ1) is 18.9. The molecule has 9 heteroatoms. The van der Waals surface area contributed by atoms with Crippen LogP contribution in [0.1, 0.15) is 31.7 Å². The van der Waals surface area contributed by atoms with Gasteiger partial charge in [-0.3, -0.25) is 24.4 Å². The summed E-state index contributed by atoms with van der Waals surface area (Å²) < 4.78 is 6.26. The van der Waals surface area contributed by atoms with Gasteiger partial charge in [0.15, 0.2) is 6.61 Å². The minimum Gasteiger partial charge on any atom is -0.454 e. The van der Waals surface area contributed by atoms with Crippen LogP contribution in [0.4, 0.5) is 5.69 Å². The van der Waals surface area contributed by atoms with Crippen molar-refractivity contribution in [3.8, 4) is 0 Å². The van der Waals surface area contributed by atoms with Crippen molar-refractivity contribution >= 4 is 17.6 Å². The van der Waals surface area contributed by atoms with Crippen molar-refractivity contribution in [2.45, 2.75) is 40.7 Å². The minimum absolute atomic E-state index is 0.111. The van der Waals surface area contributed by atoms with Gasteiger partial charge in [0.2, 0.25) is 0 Å². The molecule has 1 amide bonds. The summed E-state index contributed by atoms with van der Waals surface area (Å²) in [6.45, 7) is 7.98. The predicted octanol–water partition coefficient (Wildman–Crippen LogP) is 1.46. The third-order valence-corrected chi connectivity index (χ3v) is 4.38. The summed E-state index contributed by atoms with van der Waals surface area (Å²) in [6, 6.07) is 0. The molecule has 138 valence electrons. The number of likely N-dealkylation sites (tertiary alicyclic amines) is 1. The van der Waals surface area contributed by atoms with Crippen LogP contribution in [0.25, 0.3) is 0 Å². The summed E-state index contributed by atoms with van der Waals surface area (Å²) in [5.41, 5.74) is 0.410. The van der Waals surface area contributed by atoms with Crippen LogP contribution in [0.2, 0.25) is 0 Å². The third kappa shape index (κ3) is 4.55. The number of hydrogen-bond acceptors (Lipinski definition) is 6. The van der Waals surface area contributed by atoms with Gasteiger partial charge in [0.25, 0.3) is 5.91 Å². The SMILES string of the molecule is Cc1nn(CC(=O)OCC(=O)N2C[C@H](C)C[C@H](C)C2)c(C)c1[N+](=O)[O-]. The molecular weight excluding hydrogens is 328 g/mol. The zero-order valence-corrected chi connectivity index (χ0v) is 15.0. The van der Waals surface area contributed by atoms with Crippen LogP contribution in [-0.2, 0) is 20.9 Å². The smallest absolute Gasteiger partial charge is 0.328 e. The average Bonchev–Trinajstić information content (AvgIpc) is 2.77. The lowest BCUT2D eigenvalue weighted by atomic mass is 9.92. The predicted molar refractivity (Wildman–Crippen MR) is 88.8 cm³/mol. The number of rotatable bonds is 5. The molecule has 1 fully saturated rings. The van der Waals surface area contributed by atoms with Gasteiger partial charge in [-0.15, -0.1) is 0 Å². The number of nitro groups is 1. The normalized spacial score (nSPS) is 20.4. The van der Waals surface area contributed by atoms with E-state index in [1.54, 1.807) is 4.90 Å². The van der Waals surface area contributed by atoms with Gasteiger partial charge < -0.3 is 9.64 Å². The summed E-state index contributed by atoms with van der Waals surface area (Å²) in [5, 5.41) is 15.0. The molecule has 0 radical (unpaired) electrons. The molecule has 0 saturated carbocycles. The highest BCUT2D eigenvalue weighted by molar-refractivity contribution is 5.80. The van der Waals surface area contributed by atoms with Crippen LogP contribution >= 0.6 is 0 Å². The number of amides is 1. The van der Waals surface area contributed by atoms with E-state index in [9.17, 15) is 19.7 Å². The van der Waals surface area contributed by atoms with Gasteiger partial charge in [0.05, 0.1) is 4.92 Å². The Morgan fingerprint density at radius 2 is 1.88 bits per heavy atom. The lowest BCUT2D eigenvalue weighted by molar-refractivity contribution is -0.386. The van der Waals surface area contributed by atoms with Gasteiger partial charge in [-0.05, 0) is 32.1 Å². The van der Waals surface area contributed by atoms with Crippen LogP contribution < -0.4 is 0 Å². The topological polar surface area (TPSA) is 108 Å². The molecular formula is C16H24N4O5. The van der Waals surface area contributed by atoms with Gasteiger partial charge in [-0.25, -0.2) is 0 Å². The molecule has 1 aromatic heterocycles. The molecule has 1 aliphatic heterocycles. The second-order valence-corrected chi connectivity index (χ2v) is 6.84. The maximum Gasteiger partial charge on any atom is 0.328 e. The molecule has 0 bridgehead atoms. The highest BCUT2D eigenvalue weighted by Gasteiger charge is 2.27. The van der Waals surface area contributed by atoms with Gasteiger partial charge >= 0.3 is 11.7 Å². The molecule has 1 saturated heterocycles. The van der Waals surface area contributed by atoms with Crippen molar-refractivity contribution < 1.29 is 19.2 Å². The Hall–Kier alpha value is -2.45. The number of piperidine rings is 1. The van der Waals surface area contributed by atoms with Crippen molar-refractivity contribution in [1.82, 2.24) is 14.7 Å². The summed E-state index contributed by atoms with van der Waals surface area (Å²) in [7, 11) is 0. The Kier molecular flexibility index (Phi) is 5.76. The number of ether oxygens (including phenoxy) is 1. The second kappa shape index (κ2) is 7.62. The lowest BCUT2D eigenvalue weighted by Crippen LogP contribution is -2.44. The average molecular weight is 352 g/mol. The number of hydrogen-bond donors (Lipinski definition) is 0. The third-order valence-electron chi connectivity index (χ3n) is 4.38. The fourth-order valence-corrected chi connectivity index (χ4v) is 3.37. The number of carbonyl (C=O) groups is 2. The molecule has 2 atom stereocenters. The largest absolute Gasteiger partial charge is 0.454 e. The van der Waals surface area contributed by atoms with Crippen LogP contribution in [0.5, 0.6) is 0 Å².